The molecule has 188 valence electrons. The molecule has 0 spiro atoms. The van der Waals surface area contributed by atoms with Crippen LogP contribution < -0.4 is 9.47 Å². The van der Waals surface area contributed by atoms with Gasteiger partial charge in [0.15, 0.2) is 0 Å². The summed E-state index contributed by atoms with van der Waals surface area (Å²) in [5.74, 6) is -0.0486. The molecule has 2 aromatic rings. The quantitative estimate of drug-likeness (QED) is 0.289. The maximum Gasteiger partial charge on any atom is 0.295 e. The van der Waals surface area contributed by atoms with Crippen LogP contribution in [0.3, 0.4) is 0 Å². The molecule has 1 fully saturated rings. The zero-order valence-electron chi connectivity index (χ0n) is 21.3. The average Bonchev–Trinajstić information content (AvgIpc) is 3.13. The zero-order chi connectivity index (χ0) is 25.5. The molecule has 0 radical (unpaired) electrons. The van der Waals surface area contributed by atoms with Crippen molar-refractivity contribution < 1.29 is 24.2 Å². The number of hydrogen-bond donors (Lipinski definition) is 1. The molecule has 7 heteroatoms. The molecule has 1 atom stereocenters. The first-order valence-electron chi connectivity index (χ1n) is 12.2. The van der Waals surface area contributed by atoms with Crippen LogP contribution in [0.25, 0.3) is 5.76 Å². The lowest BCUT2D eigenvalue weighted by Gasteiger charge is -2.28. The molecule has 3 rings (SSSR count). The molecule has 1 aliphatic rings. The van der Waals surface area contributed by atoms with Crippen LogP contribution in [0, 0.1) is 6.92 Å². The summed E-state index contributed by atoms with van der Waals surface area (Å²) in [6, 6.07) is 11.9. The molecule has 7 nitrogen and oxygen atoms in total. The van der Waals surface area contributed by atoms with Gasteiger partial charge in [0.2, 0.25) is 0 Å². The molecule has 0 bridgehead atoms. The van der Waals surface area contributed by atoms with E-state index in [1.54, 1.807) is 42.3 Å². The Kier molecular flexibility index (Phi) is 8.93. The number of aliphatic hydroxyl groups is 1. The fourth-order valence-corrected chi connectivity index (χ4v) is 4.36. The number of aryl methyl sites for hydroxylation is 1. The number of likely N-dealkylation sites (N-methyl/N-ethyl adjacent to an activating group) is 1. The van der Waals surface area contributed by atoms with Crippen LogP contribution in [-0.4, -0.2) is 66.5 Å². The Morgan fingerprint density at radius 2 is 1.74 bits per heavy atom. The van der Waals surface area contributed by atoms with Gasteiger partial charge in [0.05, 0.1) is 25.3 Å². The summed E-state index contributed by atoms with van der Waals surface area (Å²) in [6.45, 7) is 11.4. The van der Waals surface area contributed by atoms with Crippen molar-refractivity contribution in [3.05, 3.63) is 64.7 Å². The third kappa shape index (κ3) is 5.68. The SMILES string of the molecule is CCCOc1ccc(C(O)=C2C(=O)C(=O)N(CCN(CC)CC)[C@H]2c2ccc(OC)cc2)cc1C. The predicted molar refractivity (Wildman–Crippen MR) is 137 cm³/mol. The number of carbonyl (C=O) groups is 2. The van der Waals surface area contributed by atoms with Gasteiger partial charge in [-0.3, -0.25) is 9.59 Å². The molecule has 0 aromatic heterocycles. The number of methoxy groups -OCH3 is 1. The van der Waals surface area contributed by atoms with Crippen molar-refractivity contribution in [3.8, 4) is 11.5 Å². The third-order valence-corrected chi connectivity index (χ3v) is 6.43. The minimum atomic E-state index is -0.687. The second kappa shape index (κ2) is 11.9. The van der Waals surface area contributed by atoms with E-state index in [-0.39, 0.29) is 11.3 Å². The fraction of sp³-hybridized carbons (Fsp3) is 0.429. The first-order chi connectivity index (χ1) is 16.9. The van der Waals surface area contributed by atoms with Crippen molar-refractivity contribution in [2.45, 2.75) is 40.2 Å². The van der Waals surface area contributed by atoms with Gasteiger partial charge in [-0.2, -0.15) is 0 Å². The van der Waals surface area contributed by atoms with Crippen LogP contribution in [0.2, 0.25) is 0 Å². The summed E-state index contributed by atoms with van der Waals surface area (Å²) < 4.78 is 11.0. The minimum Gasteiger partial charge on any atom is -0.507 e. The van der Waals surface area contributed by atoms with Crippen LogP contribution in [0.15, 0.2) is 48.0 Å². The largest absolute Gasteiger partial charge is 0.507 e. The van der Waals surface area contributed by atoms with Gasteiger partial charge in [-0.1, -0.05) is 32.9 Å². The summed E-state index contributed by atoms with van der Waals surface area (Å²) in [4.78, 5) is 30.2. The molecular formula is C28H36N2O5. The minimum absolute atomic E-state index is 0.0985. The highest BCUT2D eigenvalue weighted by molar-refractivity contribution is 6.46. The highest BCUT2D eigenvalue weighted by atomic mass is 16.5. The average molecular weight is 481 g/mol. The summed E-state index contributed by atoms with van der Waals surface area (Å²) >= 11 is 0. The Morgan fingerprint density at radius 3 is 2.31 bits per heavy atom. The maximum absolute atomic E-state index is 13.2. The molecule has 35 heavy (non-hydrogen) atoms. The number of hydrogen-bond acceptors (Lipinski definition) is 6. The van der Waals surface area contributed by atoms with E-state index in [0.29, 0.717) is 31.0 Å². The van der Waals surface area contributed by atoms with E-state index in [1.165, 1.54) is 0 Å². The molecule has 0 saturated carbocycles. The predicted octanol–water partition coefficient (Wildman–Crippen LogP) is 4.56. The van der Waals surface area contributed by atoms with Crippen LogP contribution >= 0.6 is 0 Å². The number of aliphatic hydroxyl groups excluding tert-OH is 1. The van der Waals surface area contributed by atoms with E-state index in [9.17, 15) is 14.7 Å². The highest BCUT2D eigenvalue weighted by Crippen LogP contribution is 2.40. The Morgan fingerprint density at radius 1 is 1.06 bits per heavy atom. The van der Waals surface area contributed by atoms with Gasteiger partial charge in [0.25, 0.3) is 11.7 Å². The van der Waals surface area contributed by atoms with Crippen LogP contribution in [0.5, 0.6) is 11.5 Å². The molecule has 0 aliphatic carbocycles. The molecule has 1 heterocycles. The number of benzene rings is 2. The smallest absolute Gasteiger partial charge is 0.295 e. The van der Waals surface area contributed by atoms with Crippen molar-refractivity contribution in [1.29, 1.82) is 0 Å². The Hall–Kier alpha value is -3.32. The van der Waals surface area contributed by atoms with E-state index in [1.807, 2.05) is 26.0 Å². The third-order valence-electron chi connectivity index (χ3n) is 6.43. The van der Waals surface area contributed by atoms with Crippen LogP contribution in [0.4, 0.5) is 0 Å². The first kappa shape index (κ1) is 26.3. The van der Waals surface area contributed by atoms with E-state index in [0.717, 1.165) is 36.4 Å². The van der Waals surface area contributed by atoms with Crippen molar-refractivity contribution in [2.24, 2.45) is 0 Å². The number of ketones is 1. The van der Waals surface area contributed by atoms with Gasteiger partial charge in [0, 0.05) is 18.7 Å². The number of Topliss-reactive ketones (excluding diaryl/α,β-unsaturated/α-hetero) is 1. The first-order valence-corrected chi connectivity index (χ1v) is 12.2. The molecule has 2 aromatic carbocycles. The molecule has 1 amide bonds. The number of likely N-dealkylation sites (tertiary alicyclic amines) is 1. The van der Waals surface area contributed by atoms with Crippen molar-refractivity contribution >= 4 is 17.4 Å². The summed E-state index contributed by atoms with van der Waals surface area (Å²) in [6.07, 6.45) is 0.889. The van der Waals surface area contributed by atoms with E-state index in [4.69, 9.17) is 9.47 Å². The number of amides is 1. The van der Waals surface area contributed by atoms with Gasteiger partial charge < -0.3 is 24.4 Å². The highest BCUT2D eigenvalue weighted by Gasteiger charge is 2.46. The normalized spacial score (nSPS) is 17.3. The second-order valence-corrected chi connectivity index (χ2v) is 8.62. The lowest BCUT2D eigenvalue weighted by atomic mass is 9.94. The second-order valence-electron chi connectivity index (χ2n) is 8.62. The lowest BCUT2D eigenvalue weighted by molar-refractivity contribution is -0.140. The fourth-order valence-electron chi connectivity index (χ4n) is 4.36. The molecule has 1 aliphatic heterocycles. The Balaban J connectivity index is 2.07. The van der Waals surface area contributed by atoms with Gasteiger partial charge >= 0.3 is 0 Å². The van der Waals surface area contributed by atoms with Crippen molar-refractivity contribution in [1.82, 2.24) is 9.80 Å². The molecule has 1 saturated heterocycles. The standard InChI is InChI=1S/C28H36N2O5/c1-6-17-35-23-14-11-21(18-19(23)4)26(31)24-25(20-9-12-22(34-5)13-10-20)30(28(33)27(24)32)16-15-29(7-2)8-3/h9-14,18,25,31H,6-8,15-17H2,1-5H3/t25-/m0/s1. The van der Waals surface area contributed by atoms with E-state index in [2.05, 4.69) is 18.7 Å². The topological polar surface area (TPSA) is 79.3 Å². The summed E-state index contributed by atoms with van der Waals surface area (Å²) in [5.41, 5.74) is 2.16. The Labute approximate surface area is 207 Å². The summed E-state index contributed by atoms with van der Waals surface area (Å²) in [7, 11) is 1.58. The van der Waals surface area contributed by atoms with Gasteiger partial charge in [-0.05, 0) is 67.9 Å². The van der Waals surface area contributed by atoms with Gasteiger partial charge in [-0.25, -0.2) is 0 Å². The lowest BCUT2D eigenvalue weighted by Crippen LogP contribution is -2.38. The molecular weight excluding hydrogens is 444 g/mol. The number of ether oxygens (including phenoxy) is 2. The van der Waals surface area contributed by atoms with Crippen LogP contribution in [0.1, 0.15) is 49.9 Å². The number of carbonyl (C=O) groups excluding carboxylic acids is 2. The molecule has 0 unspecified atom stereocenters. The summed E-state index contributed by atoms with van der Waals surface area (Å²) in [5, 5.41) is 11.3. The number of nitrogens with zero attached hydrogens (tertiary/aromatic N) is 2. The van der Waals surface area contributed by atoms with Crippen molar-refractivity contribution in [2.75, 3.05) is 39.9 Å². The number of rotatable bonds is 11. The molecule has 1 N–H and O–H groups in total. The zero-order valence-corrected chi connectivity index (χ0v) is 21.3. The van der Waals surface area contributed by atoms with E-state index >= 15 is 0 Å². The van der Waals surface area contributed by atoms with Gasteiger partial charge in [-0.15, -0.1) is 0 Å². The van der Waals surface area contributed by atoms with Crippen molar-refractivity contribution in [3.63, 3.8) is 0 Å². The van der Waals surface area contributed by atoms with Gasteiger partial charge in [0.1, 0.15) is 17.3 Å². The van der Waals surface area contributed by atoms with Crippen LogP contribution in [-0.2, 0) is 9.59 Å². The monoisotopic (exact) mass is 480 g/mol. The van der Waals surface area contributed by atoms with E-state index < -0.39 is 17.7 Å². The Bertz CT molecular complexity index is 1070. The maximum atomic E-state index is 13.2.